The molecule has 0 amide bonds. The second-order valence-electron chi connectivity index (χ2n) is 3.94. The van der Waals surface area contributed by atoms with Gasteiger partial charge in [0, 0.05) is 6.42 Å². The molecule has 0 fully saturated rings. The van der Waals surface area contributed by atoms with Crippen molar-refractivity contribution in [2.24, 2.45) is 0 Å². The van der Waals surface area contributed by atoms with E-state index in [4.69, 9.17) is 0 Å². The number of ketones is 1. The summed E-state index contributed by atoms with van der Waals surface area (Å²) < 4.78 is 0. The van der Waals surface area contributed by atoms with Gasteiger partial charge >= 0.3 is 0 Å². The van der Waals surface area contributed by atoms with Gasteiger partial charge in [-0.3, -0.25) is 0 Å². The van der Waals surface area contributed by atoms with E-state index in [-0.39, 0.29) is 5.78 Å². The fourth-order valence-electron chi connectivity index (χ4n) is 1.38. The minimum absolute atomic E-state index is 0.266. The molecule has 0 aromatic heterocycles. The van der Waals surface area contributed by atoms with Gasteiger partial charge in [0.1, 0.15) is 5.78 Å². The first-order valence-electron chi connectivity index (χ1n) is 5.37. The highest BCUT2D eigenvalue weighted by molar-refractivity contribution is 5.75. The van der Waals surface area contributed by atoms with Gasteiger partial charge in [0.25, 0.3) is 0 Å². The smallest absolute Gasteiger partial charge is 0.130 e. The lowest BCUT2D eigenvalue weighted by Gasteiger charge is -1.99. The van der Waals surface area contributed by atoms with E-state index in [1.807, 2.05) is 18.2 Å². The molecule has 1 nitrogen and oxygen atoms in total. The number of allylic oxidation sites excluding steroid dienone is 2. The standard InChI is InChI=1S/C14H18O/c1-12(8-10-13(2)15)9-11-14-6-4-3-5-7-14/h3-7,9H,8,10-11H2,1-2H3/b12-9+. The highest BCUT2D eigenvalue weighted by Crippen LogP contribution is 2.07. The highest BCUT2D eigenvalue weighted by Gasteiger charge is 1.95. The van der Waals surface area contributed by atoms with Crippen LogP contribution in [0, 0.1) is 0 Å². The molecule has 0 saturated heterocycles. The van der Waals surface area contributed by atoms with Gasteiger partial charge in [-0.05, 0) is 32.3 Å². The molecule has 0 aliphatic carbocycles. The molecule has 15 heavy (non-hydrogen) atoms. The zero-order valence-electron chi connectivity index (χ0n) is 9.49. The van der Waals surface area contributed by atoms with Crippen molar-refractivity contribution in [2.45, 2.75) is 33.1 Å². The summed E-state index contributed by atoms with van der Waals surface area (Å²) in [6.45, 7) is 3.73. The quantitative estimate of drug-likeness (QED) is 0.667. The topological polar surface area (TPSA) is 17.1 Å². The largest absolute Gasteiger partial charge is 0.300 e. The molecule has 1 heteroatoms. The van der Waals surface area contributed by atoms with Crippen LogP contribution < -0.4 is 0 Å². The van der Waals surface area contributed by atoms with Crippen molar-refractivity contribution in [3.63, 3.8) is 0 Å². The molecular weight excluding hydrogens is 184 g/mol. The van der Waals surface area contributed by atoms with Gasteiger partial charge in [-0.15, -0.1) is 0 Å². The van der Waals surface area contributed by atoms with E-state index in [0.29, 0.717) is 6.42 Å². The third kappa shape index (κ3) is 5.16. The van der Waals surface area contributed by atoms with Crippen LogP contribution in [-0.4, -0.2) is 5.78 Å². The Morgan fingerprint density at radius 3 is 2.40 bits per heavy atom. The monoisotopic (exact) mass is 202 g/mol. The highest BCUT2D eigenvalue weighted by atomic mass is 16.1. The summed E-state index contributed by atoms with van der Waals surface area (Å²) in [6, 6.07) is 10.4. The number of hydrogen-bond acceptors (Lipinski definition) is 1. The molecule has 0 aliphatic heterocycles. The van der Waals surface area contributed by atoms with E-state index in [2.05, 4.69) is 25.1 Å². The number of benzene rings is 1. The molecule has 0 saturated carbocycles. The Bertz CT molecular complexity index is 336. The molecule has 0 N–H and O–H groups in total. The molecule has 0 spiro atoms. The second-order valence-corrected chi connectivity index (χ2v) is 3.94. The zero-order valence-corrected chi connectivity index (χ0v) is 9.49. The minimum Gasteiger partial charge on any atom is -0.300 e. The molecule has 1 aromatic carbocycles. The summed E-state index contributed by atoms with van der Waals surface area (Å²) in [5.74, 6) is 0.266. The minimum atomic E-state index is 0.266. The lowest BCUT2D eigenvalue weighted by atomic mass is 10.1. The van der Waals surface area contributed by atoms with Crippen molar-refractivity contribution in [2.75, 3.05) is 0 Å². The van der Waals surface area contributed by atoms with E-state index in [1.165, 1.54) is 11.1 Å². The zero-order chi connectivity index (χ0) is 11.1. The summed E-state index contributed by atoms with van der Waals surface area (Å²) >= 11 is 0. The maximum absolute atomic E-state index is 10.8. The van der Waals surface area contributed by atoms with Gasteiger partial charge in [0.2, 0.25) is 0 Å². The van der Waals surface area contributed by atoms with Gasteiger partial charge in [0.15, 0.2) is 0 Å². The molecule has 0 radical (unpaired) electrons. The van der Waals surface area contributed by atoms with Crippen molar-refractivity contribution in [3.05, 3.63) is 47.5 Å². The van der Waals surface area contributed by atoms with Crippen LogP contribution in [0.4, 0.5) is 0 Å². The molecule has 1 rings (SSSR count). The maximum Gasteiger partial charge on any atom is 0.130 e. The number of Topliss-reactive ketones (excluding diaryl/α,β-unsaturated/α-hetero) is 1. The lowest BCUT2D eigenvalue weighted by molar-refractivity contribution is -0.116. The molecule has 1 aromatic rings. The van der Waals surface area contributed by atoms with Gasteiger partial charge in [-0.2, -0.15) is 0 Å². The number of rotatable bonds is 5. The third-order valence-electron chi connectivity index (χ3n) is 2.40. The Balaban J connectivity index is 2.40. The Morgan fingerprint density at radius 1 is 1.13 bits per heavy atom. The average molecular weight is 202 g/mol. The first-order valence-corrected chi connectivity index (χ1v) is 5.37. The van der Waals surface area contributed by atoms with Gasteiger partial charge in [-0.1, -0.05) is 42.0 Å². The molecule has 0 aliphatic rings. The summed E-state index contributed by atoms with van der Waals surface area (Å²) in [5.41, 5.74) is 2.62. The lowest BCUT2D eigenvalue weighted by Crippen LogP contribution is -1.90. The SMILES string of the molecule is CC(=O)CC/C(C)=C/Cc1ccccc1. The van der Waals surface area contributed by atoms with E-state index in [9.17, 15) is 4.79 Å². The molecule has 0 bridgehead atoms. The normalized spacial score (nSPS) is 11.5. The van der Waals surface area contributed by atoms with Crippen molar-refractivity contribution in [1.29, 1.82) is 0 Å². The van der Waals surface area contributed by atoms with Crippen LogP contribution in [-0.2, 0) is 11.2 Å². The molecule has 0 atom stereocenters. The van der Waals surface area contributed by atoms with Crippen molar-refractivity contribution in [3.8, 4) is 0 Å². The number of carbonyl (C=O) groups is 1. The fourth-order valence-corrected chi connectivity index (χ4v) is 1.38. The fraction of sp³-hybridized carbons (Fsp3) is 0.357. The van der Waals surface area contributed by atoms with Gasteiger partial charge in [0.05, 0.1) is 0 Å². The Labute approximate surface area is 91.8 Å². The molecule has 0 heterocycles. The first kappa shape index (κ1) is 11.7. The van der Waals surface area contributed by atoms with Crippen molar-refractivity contribution >= 4 is 5.78 Å². The van der Waals surface area contributed by atoms with Crippen LogP contribution in [0.3, 0.4) is 0 Å². The second kappa shape index (κ2) is 6.18. The Hall–Kier alpha value is -1.37. The first-order chi connectivity index (χ1) is 7.18. The van der Waals surface area contributed by atoms with Gasteiger partial charge in [-0.25, -0.2) is 0 Å². The predicted molar refractivity (Wildman–Crippen MR) is 63.8 cm³/mol. The van der Waals surface area contributed by atoms with Crippen LogP contribution in [0.15, 0.2) is 42.0 Å². The summed E-state index contributed by atoms with van der Waals surface area (Å²) in [6.07, 6.45) is 4.72. The Morgan fingerprint density at radius 2 is 1.80 bits per heavy atom. The van der Waals surface area contributed by atoms with Crippen molar-refractivity contribution < 1.29 is 4.79 Å². The molecule has 0 unspecified atom stereocenters. The summed E-state index contributed by atoms with van der Waals surface area (Å²) in [4.78, 5) is 10.8. The van der Waals surface area contributed by atoms with E-state index < -0.39 is 0 Å². The third-order valence-corrected chi connectivity index (χ3v) is 2.40. The van der Waals surface area contributed by atoms with E-state index in [0.717, 1.165) is 12.8 Å². The van der Waals surface area contributed by atoms with Crippen LogP contribution in [0.5, 0.6) is 0 Å². The maximum atomic E-state index is 10.8. The van der Waals surface area contributed by atoms with Crippen LogP contribution in [0.1, 0.15) is 32.3 Å². The molecule has 80 valence electrons. The van der Waals surface area contributed by atoms with Crippen LogP contribution in [0.25, 0.3) is 0 Å². The predicted octanol–water partition coefficient (Wildman–Crippen LogP) is 3.54. The van der Waals surface area contributed by atoms with Gasteiger partial charge < -0.3 is 4.79 Å². The summed E-state index contributed by atoms with van der Waals surface area (Å²) in [7, 11) is 0. The summed E-state index contributed by atoms with van der Waals surface area (Å²) in [5, 5.41) is 0. The van der Waals surface area contributed by atoms with E-state index >= 15 is 0 Å². The molecular formula is C14H18O. The Kier molecular flexibility index (Phi) is 4.82. The number of carbonyl (C=O) groups excluding carboxylic acids is 1. The average Bonchev–Trinajstić information content (AvgIpc) is 2.25. The van der Waals surface area contributed by atoms with Crippen LogP contribution in [0.2, 0.25) is 0 Å². The number of hydrogen-bond donors (Lipinski definition) is 0. The van der Waals surface area contributed by atoms with E-state index in [1.54, 1.807) is 6.92 Å². The van der Waals surface area contributed by atoms with Crippen molar-refractivity contribution in [1.82, 2.24) is 0 Å². The van der Waals surface area contributed by atoms with Crippen LogP contribution >= 0.6 is 0 Å².